The van der Waals surface area contributed by atoms with Gasteiger partial charge in [0.15, 0.2) is 5.11 Å². The largest absolute Gasteiger partial charge is 0.341 e. The Kier molecular flexibility index (Phi) is 2.92. The molecule has 4 rings (SSSR count). The van der Waals surface area contributed by atoms with Crippen LogP contribution < -0.4 is 0 Å². The van der Waals surface area contributed by atoms with Crippen molar-refractivity contribution in [2.75, 3.05) is 13.6 Å². The van der Waals surface area contributed by atoms with Crippen molar-refractivity contribution in [3.63, 3.8) is 0 Å². The van der Waals surface area contributed by atoms with Crippen LogP contribution in [0.25, 0.3) is 11.1 Å². The lowest BCUT2D eigenvalue weighted by atomic mass is 9.86. The number of hydrogen-bond acceptors (Lipinski definition) is 1. The van der Waals surface area contributed by atoms with Gasteiger partial charge in [0.25, 0.3) is 0 Å². The van der Waals surface area contributed by atoms with Gasteiger partial charge in [0.05, 0.1) is 6.54 Å². The predicted molar refractivity (Wildman–Crippen MR) is 99.5 cm³/mol. The molecule has 1 fully saturated rings. The lowest BCUT2D eigenvalue weighted by molar-refractivity contribution is 0.225. The van der Waals surface area contributed by atoms with Gasteiger partial charge in [0.1, 0.15) is 5.54 Å². The van der Waals surface area contributed by atoms with E-state index in [-0.39, 0.29) is 11.1 Å². The molecule has 1 aliphatic carbocycles. The number of benzene rings is 2. The molecule has 0 saturated carbocycles. The number of hydrogen-bond donors (Lipinski definition) is 0. The number of rotatable bonds is 0. The summed E-state index contributed by atoms with van der Waals surface area (Å²) in [5, 5.41) is 0.934. The Bertz CT molecular complexity index is 758. The molecule has 1 saturated heterocycles. The fourth-order valence-electron chi connectivity index (χ4n) is 4.11. The quantitative estimate of drug-likeness (QED) is 0.670. The summed E-state index contributed by atoms with van der Waals surface area (Å²) < 4.78 is 0. The molecule has 0 unspecified atom stereocenters. The number of likely N-dealkylation sites (N-methyl/N-ethyl adjacent to an activating group) is 1. The SMILES string of the molecule is CN1C(=S)N(C(C)(C)C)CC12c1ccccc1-c1ccccc12. The van der Waals surface area contributed by atoms with Crippen molar-refractivity contribution in [1.29, 1.82) is 0 Å². The lowest BCUT2D eigenvalue weighted by Crippen LogP contribution is -2.43. The van der Waals surface area contributed by atoms with Crippen molar-refractivity contribution in [3.8, 4) is 11.1 Å². The van der Waals surface area contributed by atoms with Gasteiger partial charge in [0.2, 0.25) is 0 Å². The van der Waals surface area contributed by atoms with Crippen molar-refractivity contribution in [1.82, 2.24) is 9.80 Å². The van der Waals surface area contributed by atoms with Gasteiger partial charge in [-0.15, -0.1) is 0 Å². The van der Waals surface area contributed by atoms with E-state index in [0.717, 1.165) is 11.7 Å². The van der Waals surface area contributed by atoms with Crippen LogP contribution in [0.2, 0.25) is 0 Å². The first-order valence-electron chi connectivity index (χ1n) is 8.12. The van der Waals surface area contributed by atoms with Crippen molar-refractivity contribution in [2.45, 2.75) is 31.8 Å². The maximum atomic E-state index is 5.83. The third-order valence-corrected chi connectivity index (χ3v) is 5.82. The van der Waals surface area contributed by atoms with E-state index in [9.17, 15) is 0 Å². The van der Waals surface area contributed by atoms with Gasteiger partial charge in [-0.1, -0.05) is 48.5 Å². The second-order valence-corrected chi connectivity index (χ2v) is 7.92. The standard InChI is InChI=1S/C20H22N2S/c1-19(2,3)22-13-20(21(4)18(22)23)16-11-7-5-9-14(16)15-10-6-8-12-17(15)20/h5-12H,13H2,1-4H3. The number of nitrogens with zero attached hydrogens (tertiary/aromatic N) is 2. The average Bonchev–Trinajstić information content (AvgIpc) is 2.97. The first-order chi connectivity index (χ1) is 10.9. The minimum absolute atomic E-state index is 0.0152. The second kappa shape index (κ2) is 4.57. The van der Waals surface area contributed by atoms with Gasteiger partial charge < -0.3 is 9.80 Å². The molecule has 2 aromatic carbocycles. The van der Waals surface area contributed by atoms with Crippen LogP contribution >= 0.6 is 12.2 Å². The number of thiocarbonyl (C=S) groups is 1. The summed E-state index contributed by atoms with van der Waals surface area (Å²) in [6, 6.07) is 17.5. The number of fused-ring (bicyclic) bond motifs is 5. The van der Waals surface area contributed by atoms with Gasteiger partial charge in [-0.25, -0.2) is 0 Å². The van der Waals surface area contributed by atoms with Crippen LogP contribution in [-0.2, 0) is 5.54 Å². The minimum atomic E-state index is -0.169. The maximum Gasteiger partial charge on any atom is 0.172 e. The molecule has 1 aliphatic heterocycles. The van der Waals surface area contributed by atoms with Crippen molar-refractivity contribution < 1.29 is 0 Å². The van der Waals surface area contributed by atoms with Crippen LogP contribution in [0.3, 0.4) is 0 Å². The summed E-state index contributed by atoms with van der Waals surface area (Å²) in [5.74, 6) is 0. The molecule has 2 nitrogen and oxygen atoms in total. The smallest absolute Gasteiger partial charge is 0.172 e. The highest BCUT2D eigenvalue weighted by Crippen LogP contribution is 2.53. The van der Waals surface area contributed by atoms with Crippen LogP contribution in [0.4, 0.5) is 0 Å². The third kappa shape index (κ3) is 1.77. The normalized spacial score (nSPS) is 18.5. The van der Waals surface area contributed by atoms with Gasteiger partial charge in [0, 0.05) is 12.6 Å². The molecule has 3 heteroatoms. The Morgan fingerprint density at radius 3 is 1.83 bits per heavy atom. The van der Waals surface area contributed by atoms with Crippen LogP contribution in [0, 0.1) is 0 Å². The zero-order valence-corrected chi connectivity index (χ0v) is 14.9. The van der Waals surface area contributed by atoms with E-state index in [1.807, 2.05) is 0 Å². The Morgan fingerprint density at radius 1 is 0.913 bits per heavy atom. The minimum Gasteiger partial charge on any atom is -0.341 e. The molecule has 1 heterocycles. The molecule has 0 radical (unpaired) electrons. The van der Waals surface area contributed by atoms with E-state index >= 15 is 0 Å². The van der Waals surface area contributed by atoms with Crippen molar-refractivity contribution in [2.24, 2.45) is 0 Å². The van der Waals surface area contributed by atoms with Gasteiger partial charge in [-0.05, 0) is 55.2 Å². The van der Waals surface area contributed by atoms with Gasteiger partial charge in [-0.3, -0.25) is 0 Å². The van der Waals surface area contributed by atoms with Crippen LogP contribution in [0.1, 0.15) is 31.9 Å². The summed E-state index contributed by atoms with van der Waals surface area (Å²) in [6.45, 7) is 7.61. The maximum absolute atomic E-state index is 5.83. The molecule has 2 aromatic rings. The van der Waals surface area contributed by atoms with Crippen LogP contribution in [0.5, 0.6) is 0 Å². The van der Waals surface area contributed by atoms with E-state index < -0.39 is 0 Å². The summed E-state index contributed by atoms with van der Waals surface area (Å²) >= 11 is 5.83. The molecule has 118 valence electrons. The molecule has 0 bridgehead atoms. The van der Waals surface area contributed by atoms with Crippen molar-refractivity contribution >= 4 is 17.3 Å². The summed E-state index contributed by atoms with van der Waals surface area (Å²) in [5.41, 5.74) is 5.27. The van der Waals surface area contributed by atoms with Crippen molar-refractivity contribution in [3.05, 3.63) is 59.7 Å². The molecule has 1 spiro atoms. The molecule has 0 N–H and O–H groups in total. The first-order valence-corrected chi connectivity index (χ1v) is 8.53. The molecule has 0 amide bonds. The molecular formula is C20H22N2S. The van der Waals surface area contributed by atoms with Crippen LogP contribution in [-0.4, -0.2) is 34.0 Å². The fraction of sp³-hybridized carbons (Fsp3) is 0.350. The average molecular weight is 322 g/mol. The lowest BCUT2D eigenvalue weighted by Gasteiger charge is -2.34. The Labute approximate surface area is 143 Å². The first kappa shape index (κ1) is 14.7. The van der Waals surface area contributed by atoms with Crippen LogP contribution in [0.15, 0.2) is 48.5 Å². The predicted octanol–water partition coefficient (Wildman–Crippen LogP) is 4.24. The zero-order valence-electron chi connectivity index (χ0n) is 14.1. The molecule has 0 atom stereocenters. The summed E-state index contributed by atoms with van der Waals surface area (Å²) in [4.78, 5) is 4.67. The Balaban J connectivity index is 2.00. The highest BCUT2D eigenvalue weighted by atomic mass is 32.1. The van der Waals surface area contributed by atoms with E-state index in [2.05, 4.69) is 86.1 Å². The van der Waals surface area contributed by atoms with Gasteiger partial charge in [-0.2, -0.15) is 0 Å². The molecule has 2 aliphatic rings. The Morgan fingerprint density at radius 2 is 1.39 bits per heavy atom. The third-order valence-electron chi connectivity index (χ3n) is 5.32. The summed E-state index contributed by atoms with van der Waals surface area (Å²) in [7, 11) is 2.15. The Hall–Kier alpha value is -1.87. The second-order valence-electron chi connectivity index (χ2n) is 7.55. The highest BCUT2D eigenvalue weighted by molar-refractivity contribution is 7.80. The highest BCUT2D eigenvalue weighted by Gasteiger charge is 2.54. The van der Waals surface area contributed by atoms with E-state index in [4.69, 9.17) is 12.2 Å². The van der Waals surface area contributed by atoms with E-state index in [1.165, 1.54) is 22.3 Å². The van der Waals surface area contributed by atoms with E-state index in [0.29, 0.717) is 0 Å². The topological polar surface area (TPSA) is 6.48 Å². The fourth-order valence-corrected chi connectivity index (χ4v) is 4.60. The zero-order chi connectivity index (χ0) is 16.4. The molecule has 23 heavy (non-hydrogen) atoms. The summed E-state index contributed by atoms with van der Waals surface area (Å²) in [6.07, 6.45) is 0. The molecular weight excluding hydrogens is 300 g/mol. The van der Waals surface area contributed by atoms with E-state index in [1.54, 1.807) is 0 Å². The molecule has 0 aromatic heterocycles. The monoisotopic (exact) mass is 322 g/mol. The van der Waals surface area contributed by atoms with Gasteiger partial charge >= 0.3 is 0 Å².